The van der Waals surface area contributed by atoms with Crippen LogP contribution in [0.4, 0.5) is 26.2 Å². The molecule has 0 radical (unpaired) electrons. The SMILES string of the molecule is Cc1cc(Nc2cc(C)[nH]n2)nc(N2CCC(F)(C(=O)N[C@@H](C)c3ccc(-n4cc(F)cn4)nc3)CC2)c1. The number of aromatic nitrogens is 6. The Hall–Kier alpha value is -4.35. The Kier molecular flexibility index (Phi) is 6.79. The lowest BCUT2D eigenvalue weighted by atomic mass is 9.91. The monoisotopic (exact) mass is 521 g/mol. The lowest BCUT2D eigenvalue weighted by molar-refractivity contribution is -0.135. The topological polar surface area (TPSA) is 117 Å². The second-order valence-corrected chi connectivity index (χ2v) is 9.65. The highest BCUT2D eigenvalue weighted by Crippen LogP contribution is 2.31. The highest BCUT2D eigenvalue weighted by molar-refractivity contribution is 5.85. The number of aryl methyl sites for hydroxylation is 2. The van der Waals surface area contributed by atoms with Crippen LogP contribution in [-0.4, -0.2) is 54.6 Å². The van der Waals surface area contributed by atoms with Crippen LogP contribution in [0, 0.1) is 19.7 Å². The van der Waals surface area contributed by atoms with Gasteiger partial charge < -0.3 is 15.5 Å². The minimum atomic E-state index is -1.98. The van der Waals surface area contributed by atoms with Gasteiger partial charge >= 0.3 is 0 Å². The third-order valence-corrected chi connectivity index (χ3v) is 6.61. The molecule has 12 heteroatoms. The van der Waals surface area contributed by atoms with Crippen molar-refractivity contribution in [3.05, 3.63) is 71.6 Å². The summed E-state index contributed by atoms with van der Waals surface area (Å²) in [6, 6.07) is 8.70. The van der Waals surface area contributed by atoms with Crippen LogP contribution in [0.5, 0.6) is 0 Å². The third-order valence-electron chi connectivity index (χ3n) is 6.61. The fourth-order valence-electron chi connectivity index (χ4n) is 4.43. The minimum absolute atomic E-state index is 0.0462. The van der Waals surface area contributed by atoms with Crippen LogP contribution in [0.2, 0.25) is 0 Å². The summed E-state index contributed by atoms with van der Waals surface area (Å²) >= 11 is 0. The van der Waals surface area contributed by atoms with Gasteiger partial charge in [0, 0.05) is 43.9 Å². The largest absolute Gasteiger partial charge is 0.356 e. The van der Waals surface area contributed by atoms with Crippen molar-refractivity contribution < 1.29 is 13.6 Å². The number of pyridine rings is 2. The molecule has 3 N–H and O–H groups in total. The van der Waals surface area contributed by atoms with Crippen molar-refractivity contribution in [1.29, 1.82) is 0 Å². The molecule has 38 heavy (non-hydrogen) atoms. The van der Waals surface area contributed by atoms with Crippen molar-refractivity contribution in [3.8, 4) is 5.82 Å². The number of hydrogen-bond acceptors (Lipinski definition) is 7. The zero-order valence-corrected chi connectivity index (χ0v) is 21.4. The number of carbonyl (C=O) groups excluding carboxylic acids is 1. The molecule has 5 heterocycles. The summed E-state index contributed by atoms with van der Waals surface area (Å²) in [5, 5.41) is 16.9. The summed E-state index contributed by atoms with van der Waals surface area (Å²) in [5.41, 5.74) is 0.655. The number of piperidine rings is 1. The average Bonchev–Trinajstić information content (AvgIpc) is 3.51. The van der Waals surface area contributed by atoms with Gasteiger partial charge in [0.05, 0.1) is 18.4 Å². The van der Waals surface area contributed by atoms with Crippen LogP contribution in [0.15, 0.2) is 48.9 Å². The predicted molar refractivity (Wildman–Crippen MR) is 139 cm³/mol. The molecule has 1 atom stereocenters. The van der Waals surface area contributed by atoms with Crippen LogP contribution in [0.25, 0.3) is 5.82 Å². The summed E-state index contributed by atoms with van der Waals surface area (Å²) in [6.07, 6.45) is 3.97. The Morgan fingerprint density at radius 3 is 2.53 bits per heavy atom. The van der Waals surface area contributed by atoms with E-state index < -0.39 is 23.4 Å². The van der Waals surface area contributed by atoms with Gasteiger partial charge in [-0.25, -0.2) is 23.4 Å². The van der Waals surface area contributed by atoms with E-state index in [1.807, 2.05) is 36.9 Å². The summed E-state index contributed by atoms with van der Waals surface area (Å²) < 4.78 is 30.2. The van der Waals surface area contributed by atoms with Gasteiger partial charge in [0.2, 0.25) is 0 Å². The highest BCUT2D eigenvalue weighted by atomic mass is 19.1. The number of aromatic amines is 1. The second-order valence-electron chi connectivity index (χ2n) is 9.65. The van der Waals surface area contributed by atoms with Gasteiger partial charge in [0.1, 0.15) is 11.6 Å². The van der Waals surface area contributed by atoms with Gasteiger partial charge in [-0.2, -0.15) is 10.2 Å². The van der Waals surface area contributed by atoms with Gasteiger partial charge in [-0.15, -0.1) is 0 Å². The van der Waals surface area contributed by atoms with Crippen LogP contribution in [0.1, 0.15) is 42.6 Å². The number of hydrogen-bond donors (Lipinski definition) is 3. The molecule has 4 aromatic heterocycles. The number of alkyl halides is 1. The first kappa shape index (κ1) is 25.3. The Morgan fingerprint density at radius 2 is 1.89 bits per heavy atom. The first-order valence-electron chi connectivity index (χ1n) is 12.4. The van der Waals surface area contributed by atoms with Gasteiger partial charge in [-0.05, 0) is 50.1 Å². The van der Waals surface area contributed by atoms with Crippen LogP contribution in [0.3, 0.4) is 0 Å². The minimum Gasteiger partial charge on any atom is -0.356 e. The number of rotatable bonds is 7. The van der Waals surface area contributed by atoms with Crippen LogP contribution in [-0.2, 0) is 4.79 Å². The van der Waals surface area contributed by atoms with Crippen LogP contribution < -0.4 is 15.5 Å². The molecule has 1 aliphatic rings. The molecule has 10 nitrogen and oxygen atoms in total. The van der Waals surface area contributed by atoms with Gasteiger partial charge in [-0.3, -0.25) is 9.89 Å². The maximum atomic E-state index is 15.7. The normalized spacial score (nSPS) is 15.8. The first-order valence-corrected chi connectivity index (χ1v) is 12.4. The molecular formula is C26H29F2N9O. The van der Waals surface area contributed by atoms with Gasteiger partial charge in [-0.1, -0.05) is 6.07 Å². The van der Waals surface area contributed by atoms with E-state index in [0.717, 1.165) is 23.3 Å². The van der Waals surface area contributed by atoms with Gasteiger partial charge in [0.25, 0.3) is 5.91 Å². The number of amides is 1. The molecule has 1 amide bonds. The molecule has 0 aliphatic carbocycles. The molecule has 1 aliphatic heterocycles. The molecule has 0 bridgehead atoms. The molecule has 198 valence electrons. The van der Waals surface area contributed by atoms with E-state index in [-0.39, 0.29) is 12.8 Å². The standard InChI is InChI=1S/C26H29F2N9O/c1-16-10-21(32-22-12-17(2)34-35-22)33-24(11-16)36-8-6-26(28,7-9-36)25(38)31-18(3)19-4-5-23(29-13-19)37-15-20(27)14-30-37/h4-5,10-15,18H,6-9H2,1-3H3,(H,31,38)(H2,32,33,34,35)/t18-/m0/s1. The summed E-state index contributed by atoms with van der Waals surface area (Å²) in [4.78, 5) is 23.9. The van der Waals surface area contributed by atoms with E-state index in [1.165, 1.54) is 10.9 Å². The summed E-state index contributed by atoms with van der Waals surface area (Å²) in [7, 11) is 0. The van der Waals surface area contributed by atoms with Crippen molar-refractivity contribution in [2.75, 3.05) is 23.3 Å². The molecule has 5 rings (SSSR count). The fraction of sp³-hybridized carbons (Fsp3) is 0.346. The number of H-pyrrole nitrogens is 1. The molecule has 4 aromatic rings. The maximum absolute atomic E-state index is 15.7. The molecule has 0 saturated carbocycles. The molecule has 1 fully saturated rings. The molecule has 1 saturated heterocycles. The number of halogens is 2. The van der Waals surface area contributed by atoms with Gasteiger partial charge in [0.15, 0.2) is 23.1 Å². The highest BCUT2D eigenvalue weighted by Gasteiger charge is 2.42. The smallest absolute Gasteiger partial charge is 0.258 e. The van der Waals surface area contributed by atoms with E-state index in [0.29, 0.717) is 36.1 Å². The third kappa shape index (κ3) is 5.48. The van der Waals surface area contributed by atoms with E-state index in [4.69, 9.17) is 0 Å². The first-order chi connectivity index (χ1) is 18.2. The summed E-state index contributed by atoms with van der Waals surface area (Å²) in [5.74, 6) is 1.37. The summed E-state index contributed by atoms with van der Waals surface area (Å²) in [6.45, 7) is 6.37. The lowest BCUT2D eigenvalue weighted by Gasteiger charge is -2.36. The molecule has 0 spiro atoms. The van der Waals surface area contributed by atoms with E-state index >= 15 is 4.39 Å². The average molecular weight is 522 g/mol. The number of carbonyl (C=O) groups is 1. The van der Waals surface area contributed by atoms with E-state index in [9.17, 15) is 9.18 Å². The Bertz CT molecular complexity index is 1420. The van der Waals surface area contributed by atoms with Crippen molar-refractivity contribution in [2.24, 2.45) is 0 Å². The number of nitrogens with zero attached hydrogens (tertiary/aromatic N) is 6. The maximum Gasteiger partial charge on any atom is 0.258 e. The van der Waals surface area contributed by atoms with Crippen molar-refractivity contribution in [1.82, 2.24) is 35.3 Å². The van der Waals surface area contributed by atoms with Crippen molar-refractivity contribution in [3.63, 3.8) is 0 Å². The zero-order valence-electron chi connectivity index (χ0n) is 21.4. The molecule has 0 aromatic carbocycles. The second kappa shape index (κ2) is 10.2. The molecule has 0 unspecified atom stereocenters. The number of anilines is 3. The quantitative estimate of drug-likeness (QED) is 0.336. The van der Waals surface area contributed by atoms with Crippen LogP contribution >= 0.6 is 0 Å². The van der Waals surface area contributed by atoms with Crippen molar-refractivity contribution in [2.45, 2.75) is 45.3 Å². The number of nitrogens with one attached hydrogen (secondary N) is 3. The lowest BCUT2D eigenvalue weighted by Crippen LogP contribution is -2.51. The Balaban J connectivity index is 1.19. The zero-order chi connectivity index (χ0) is 26.9. The molecular weight excluding hydrogens is 492 g/mol. The fourth-order valence-corrected chi connectivity index (χ4v) is 4.43. The van der Waals surface area contributed by atoms with E-state index in [1.54, 1.807) is 25.3 Å². The Morgan fingerprint density at radius 1 is 1.11 bits per heavy atom. The predicted octanol–water partition coefficient (Wildman–Crippen LogP) is 4.07. The van der Waals surface area contributed by atoms with E-state index in [2.05, 4.69) is 35.9 Å². The van der Waals surface area contributed by atoms with Crippen molar-refractivity contribution >= 4 is 23.4 Å². The Labute approximate surface area is 218 Å².